The number of piperazine rings is 1. The van der Waals surface area contributed by atoms with Crippen molar-refractivity contribution >= 4 is 11.8 Å². The van der Waals surface area contributed by atoms with Crippen molar-refractivity contribution in [1.29, 1.82) is 0 Å². The topological polar surface area (TPSA) is 129 Å². The summed E-state index contributed by atoms with van der Waals surface area (Å²) in [6.07, 6.45) is 1.43. The second kappa shape index (κ2) is 9.38. The summed E-state index contributed by atoms with van der Waals surface area (Å²) in [5.74, 6) is 0.715. The number of aromatic hydroxyl groups is 1. The minimum atomic E-state index is -0.502. The van der Waals surface area contributed by atoms with Crippen molar-refractivity contribution in [2.24, 2.45) is 11.5 Å². The smallest absolute Gasteiger partial charge is 0.407 e. The van der Waals surface area contributed by atoms with Gasteiger partial charge in [0.1, 0.15) is 17.2 Å². The molecule has 1 unspecified atom stereocenters. The van der Waals surface area contributed by atoms with Gasteiger partial charge >= 0.3 is 6.09 Å². The van der Waals surface area contributed by atoms with Crippen LogP contribution in [-0.2, 0) is 4.74 Å². The molecule has 2 heterocycles. The third-order valence-corrected chi connectivity index (χ3v) is 5.28. The van der Waals surface area contributed by atoms with Gasteiger partial charge in [-0.15, -0.1) is 0 Å². The van der Waals surface area contributed by atoms with Gasteiger partial charge in [-0.05, 0) is 39.0 Å². The van der Waals surface area contributed by atoms with E-state index in [9.17, 15) is 9.90 Å². The Morgan fingerprint density at radius 1 is 1.35 bits per heavy atom. The van der Waals surface area contributed by atoms with E-state index < -0.39 is 11.7 Å². The van der Waals surface area contributed by atoms with Crippen molar-refractivity contribution in [3.63, 3.8) is 0 Å². The number of phenols is 1. The number of hydrogen-bond acceptors (Lipinski definition) is 8. The number of rotatable bonds is 5. The molecule has 0 bridgehead atoms. The number of amides is 1. The molecule has 170 valence electrons. The Morgan fingerprint density at radius 3 is 2.81 bits per heavy atom. The van der Waals surface area contributed by atoms with Crippen LogP contribution in [0.25, 0.3) is 5.70 Å². The van der Waals surface area contributed by atoms with Crippen molar-refractivity contribution in [3.8, 4) is 5.75 Å². The minimum Gasteiger partial charge on any atom is -0.507 e. The first kappa shape index (κ1) is 22.6. The molecule has 0 spiro atoms. The second-order valence-corrected chi connectivity index (χ2v) is 8.87. The fourth-order valence-corrected chi connectivity index (χ4v) is 3.82. The monoisotopic (exact) mass is 430 g/mol. The van der Waals surface area contributed by atoms with Crippen LogP contribution in [0.1, 0.15) is 26.3 Å². The SMILES string of the molecule is CC(C)(C)OC(=O)NCCN1CCN2C(/C=C(\N)c3ccccc3O)=C(N)NCC2C1. The van der Waals surface area contributed by atoms with Crippen LogP contribution in [0.2, 0.25) is 0 Å². The zero-order valence-corrected chi connectivity index (χ0v) is 18.5. The molecule has 1 aromatic rings. The zero-order chi connectivity index (χ0) is 22.6. The summed E-state index contributed by atoms with van der Waals surface area (Å²) in [5.41, 5.74) is 13.9. The van der Waals surface area contributed by atoms with Crippen LogP contribution < -0.4 is 22.1 Å². The lowest BCUT2D eigenvalue weighted by atomic mass is 10.1. The van der Waals surface area contributed by atoms with E-state index in [0.29, 0.717) is 23.6 Å². The molecule has 9 heteroatoms. The highest BCUT2D eigenvalue weighted by atomic mass is 16.6. The van der Waals surface area contributed by atoms with Crippen LogP contribution >= 0.6 is 0 Å². The first-order valence-corrected chi connectivity index (χ1v) is 10.6. The maximum atomic E-state index is 11.8. The van der Waals surface area contributed by atoms with Crippen LogP contribution in [0.3, 0.4) is 0 Å². The van der Waals surface area contributed by atoms with E-state index in [2.05, 4.69) is 20.4 Å². The Morgan fingerprint density at radius 2 is 2.10 bits per heavy atom. The van der Waals surface area contributed by atoms with Gasteiger partial charge in [-0.25, -0.2) is 4.79 Å². The van der Waals surface area contributed by atoms with Gasteiger partial charge in [0.15, 0.2) is 0 Å². The van der Waals surface area contributed by atoms with Gasteiger partial charge in [0, 0.05) is 50.5 Å². The number of ether oxygens (including phenoxy) is 1. The summed E-state index contributed by atoms with van der Waals surface area (Å²) in [7, 11) is 0. The molecular formula is C22H34N6O3. The predicted octanol–water partition coefficient (Wildman–Crippen LogP) is 0.934. The molecule has 2 aliphatic rings. The van der Waals surface area contributed by atoms with E-state index in [-0.39, 0.29) is 11.8 Å². The Hall–Kier alpha value is -3.07. The molecular weight excluding hydrogens is 396 g/mol. The quantitative estimate of drug-likeness (QED) is 0.467. The lowest BCUT2D eigenvalue weighted by Crippen LogP contribution is -2.60. The first-order valence-electron chi connectivity index (χ1n) is 10.6. The van der Waals surface area contributed by atoms with Gasteiger partial charge in [-0.3, -0.25) is 4.90 Å². The summed E-state index contributed by atoms with van der Waals surface area (Å²) in [5, 5.41) is 16.2. The number of nitrogens with zero attached hydrogens (tertiary/aromatic N) is 2. The van der Waals surface area contributed by atoms with Crippen LogP contribution in [0.5, 0.6) is 5.75 Å². The number of fused-ring (bicyclic) bond motifs is 1. The molecule has 1 atom stereocenters. The van der Waals surface area contributed by atoms with Gasteiger partial charge in [-0.2, -0.15) is 0 Å². The van der Waals surface area contributed by atoms with E-state index in [1.165, 1.54) is 0 Å². The average Bonchev–Trinajstić information content (AvgIpc) is 2.69. The molecule has 2 aliphatic heterocycles. The van der Waals surface area contributed by atoms with Crippen molar-refractivity contribution < 1.29 is 14.6 Å². The molecule has 0 saturated carbocycles. The predicted molar refractivity (Wildman–Crippen MR) is 121 cm³/mol. The van der Waals surface area contributed by atoms with Crippen LogP contribution in [0, 0.1) is 0 Å². The maximum absolute atomic E-state index is 11.8. The normalized spacial score (nSPS) is 20.2. The number of allylic oxidation sites excluding steroid dienone is 1. The molecule has 1 saturated heterocycles. The van der Waals surface area contributed by atoms with E-state index in [4.69, 9.17) is 16.2 Å². The van der Waals surface area contributed by atoms with Gasteiger partial charge in [0.2, 0.25) is 0 Å². The van der Waals surface area contributed by atoms with Crippen molar-refractivity contribution in [2.75, 3.05) is 39.3 Å². The molecule has 31 heavy (non-hydrogen) atoms. The molecule has 0 radical (unpaired) electrons. The number of nitrogens with one attached hydrogen (secondary N) is 2. The van der Waals surface area contributed by atoms with Gasteiger partial charge < -0.3 is 36.8 Å². The molecule has 9 nitrogen and oxygen atoms in total. The maximum Gasteiger partial charge on any atom is 0.407 e. The summed E-state index contributed by atoms with van der Waals surface area (Å²) < 4.78 is 5.28. The van der Waals surface area contributed by atoms with Crippen LogP contribution in [-0.4, -0.2) is 71.9 Å². The Balaban J connectivity index is 1.59. The van der Waals surface area contributed by atoms with Crippen LogP contribution in [0.4, 0.5) is 4.79 Å². The highest BCUT2D eigenvalue weighted by Crippen LogP contribution is 2.26. The van der Waals surface area contributed by atoms with E-state index >= 15 is 0 Å². The molecule has 1 aromatic carbocycles. The Bertz CT molecular complexity index is 861. The number of hydrogen-bond donors (Lipinski definition) is 5. The summed E-state index contributed by atoms with van der Waals surface area (Å²) in [4.78, 5) is 16.4. The zero-order valence-electron chi connectivity index (χ0n) is 18.5. The van der Waals surface area contributed by atoms with Gasteiger partial charge in [0.25, 0.3) is 0 Å². The minimum absolute atomic E-state index is 0.137. The lowest BCUT2D eigenvalue weighted by Gasteiger charge is -2.46. The van der Waals surface area contributed by atoms with Gasteiger partial charge in [0.05, 0.1) is 11.7 Å². The fraction of sp³-hybridized carbons (Fsp3) is 0.500. The highest BCUT2D eigenvalue weighted by molar-refractivity contribution is 5.70. The highest BCUT2D eigenvalue weighted by Gasteiger charge is 2.32. The van der Waals surface area contributed by atoms with E-state index in [1.54, 1.807) is 18.2 Å². The molecule has 0 aromatic heterocycles. The van der Waals surface area contributed by atoms with Crippen LogP contribution in [0.15, 0.2) is 41.9 Å². The largest absolute Gasteiger partial charge is 0.507 e. The Labute approximate surface area is 183 Å². The fourth-order valence-electron chi connectivity index (χ4n) is 3.82. The lowest BCUT2D eigenvalue weighted by molar-refractivity contribution is 0.0508. The van der Waals surface area contributed by atoms with E-state index in [1.807, 2.05) is 32.9 Å². The molecule has 0 aliphatic carbocycles. The van der Waals surface area contributed by atoms with Crippen molar-refractivity contribution in [3.05, 3.63) is 47.4 Å². The molecule has 3 rings (SSSR count). The van der Waals surface area contributed by atoms with E-state index in [0.717, 1.165) is 38.4 Å². The standard InChI is InChI=1S/C22H34N6O3/c1-22(2,3)31-21(30)25-8-9-27-10-11-28-15(14-27)13-26-20(24)18(28)12-17(23)16-6-4-5-7-19(16)29/h4-7,12,15,26,29H,8-11,13-14,23-24H2,1-3H3,(H,25,30)/b17-12-. The molecule has 1 fully saturated rings. The molecule has 7 N–H and O–H groups in total. The summed E-state index contributed by atoms with van der Waals surface area (Å²) >= 11 is 0. The third kappa shape index (κ3) is 5.97. The third-order valence-electron chi connectivity index (χ3n) is 5.28. The first-order chi connectivity index (χ1) is 14.6. The second-order valence-electron chi connectivity index (χ2n) is 8.87. The van der Waals surface area contributed by atoms with Crippen molar-refractivity contribution in [1.82, 2.24) is 20.4 Å². The molecule has 1 amide bonds. The van der Waals surface area contributed by atoms with Gasteiger partial charge in [-0.1, -0.05) is 12.1 Å². The number of para-hydroxylation sites is 1. The number of phenolic OH excluding ortho intramolecular Hbond substituents is 1. The number of benzene rings is 1. The summed E-state index contributed by atoms with van der Waals surface area (Å²) in [6, 6.07) is 7.21. The summed E-state index contributed by atoms with van der Waals surface area (Å²) in [6.45, 7) is 10.0. The number of nitrogens with two attached hydrogens (primary N) is 2. The van der Waals surface area contributed by atoms with Crippen molar-refractivity contribution in [2.45, 2.75) is 32.4 Å². The number of alkyl carbamates (subject to hydrolysis) is 1. The average molecular weight is 431 g/mol. The number of carbonyl (C=O) groups is 1. The number of carbonyl (C=O) groups excluding carboxylic acids is 1. The Kier molecular flexibility index (Phi) is 6.84.